The lowest BCUT2D eigenvalue weighted by atomic mass is 10.1. The van der Waals surface area contributed by atoms with Crippen molar-refractivity contribution in [2.75, 3.05) is 44.3 Å². The Bertz CT molecular complexity index is 858. The number of nitrogens with zero attached hydrogens (tertiary/aromatic N) is 4. The highest BCUT2D eigenvalue weighted by molar-refractivity contribution is 7.11. The molecule has 138 valence electrons. The summed E-state index contributed by atoms with van der Waals surface area (Å²) in [6, 6.07) is 1.56. The normalized spacial score (nSPS) is 20.6. The van der Waals surface area contributed by atoms with Gasteiger partial charge in [0, 0.05) is 38.2 Å². The molecule has 8 nitrogen and oxygen atoms in total. The second kappa shape index (κ2) is 7.16. The van der Waals surface area contributed by atoms with Gasteiger partial charge in [-0.25, -0.2) is 9.97 Å². The number of thiazole rings is 1. The number of aromatic amines is 1. The Morgan fingerprint density at radius 2 is 2.15 bits per heavy atom. The van der Waals surface area contributed by atoms with Gasteiger partial charge in [0.05, 0.1) is 30.1 Å². The number of hydrogen-bond donors (Lipinski definition) is 1. The molecule has 1 atom stereocenters. The SMILES string of the molecule is Cc1ncsc1C(=O)N1CCC(c2cc(=O)[nH]c(N3CCOCC3)n2)C1. The molecule has 1 amide bonds. The minimum atomic E-state index is -0.153. The molecule has 9 heteroatoms. The maximum Gasteiger partial charge on any atom is 0.265 e. The minimum absolute atomic E-state index is 0.0192. The fourth-order valence-corrected chi connectivity index (χ4v) is 4.20. The molecule has 1 unspecified atom stereocenters. The standard InChI is InChI=1S/C17H21N5O3S/c1-11-15(26-10-18-11)16(24)22-3-2-12(9-22)13-8-14(23)20-17(19-13)21-4-6-25-7-5-21/h8,10,12H,2-7,9H2,1H3,(H,19,20,23). The molecule has 0 bridgehead atoms. The number of likely N-dealkylation sites (tertiary alicyclic amines) is 1. The number of morpholine rings is 1. The quantitative estimate of drug-likeness (QED) is 0.861. The zero-order chi connectivity index (χ0) is 18.1. The minimum Gasteiger partial charge on any atom is -0.378 e. The Morgan fingerprint density at radius 3 is 2.88 bits per heavy atom. The fourth-order valence-electron chi connectivity index (χ4n) is 3.43. The molecule has 0 spiro atoms. The molecule has 2 saturated heterocycles. The smallest absolute Gasteiger partial charge is 0.265 e. The van der Waals surface area contributed by atoms with Gasteiger partial charge in [-0.05, 0) is 13.3 Å². The maximum absolute atomic E-state index is 12.7. The van der Waals surface area contributed by atoms with Crippen LogP contribution < -0.4 is 10.5 Å². The second-order valence-corrected chi connectivity index (χ2v) is 7.45. The highest BCUT2D eigenvalue weighted by atomic mass is 32.1. The first-order chi connectivity index (χ1) is 12.6. The van der Waals surface area contributed by atoms with Crippen LogP contribution in [-0.2, 0) is 4.74 Å². The lowest BCUT2D eigenvalue weighted by molar-refractivity contribution is 0.0794. The zero-order valence-corrected chi connectivity index (χ0v) is 15.4. The van der Waals surface area contributed by atoms with Gasteiger partial charge >= 0.3 is 0 Å². The number of anilines is 1. The van der Waals surface area contributed by atoms with Crippen LogP contribution in [0.4, 0.5) is 5.95 Å². The Labute approximate surface area is 154 Å². The van der Waals surface area contributed by atoms with E-state index >= 15 is 0 Å². The van der Waals surface area contributed by atoms with Crippen molar-refractivity contribution in [1.82, 2.24) is 19.9 Å². The van der Waals surface area contributed by atoms with Gasteiger partial charge < -0.3 is 14.5 Å². The third-order valence-corrected chi connectivity index (χ3v) is 5.81. The number of carbonyl (C=O) groups excluding carboxylic acids is 1. The van der Waals surface area contributed by atoms with Gasteiger partial charge in [-0.15, -0.1) is 11.3 Å². The van der Waals surface area contributed by atoms with Crippen molar-refractivity contribution in [3.8, 4) is 0 Å². The number of rotatable bonds is 3. The summed E-state index contributed by atoms with van der Waals surface area (Å²) in [6.07, 6.45) is 0.808. The number of amides is 1. The summed E-state index contributed by atoms with van der Waals surface area (Å²) in [5.41, 5.74) is 3.07. The monoisotopic (exact) mass is 375 g/mol. The number of ether oxygens (including phenoxy) is 1. The van der Waals surface area contributed by atoms with Gasteiger partial charge in [0.1, 0.15) is 4.88 Å². The topological polar surface area (TPSA) is 91.4 Å². The first-order valence-corrected chi connectivity index (χ1v) is 9.63. The highest BCUT2D eigenvalue weighted by Crippen LogP contribution is 2.28. The number of aromatic nitrogens is 3. The molecule has 2 aliphatic heterocycles. The van der Waals surface area contributed by atoms with Crippen molar-refractivity contribution in [1.29, 1.82) is 0 Å². The largest absolute Gasteiger partial charge is 0.378 e. The van der Waals surface area contributed by atoms with Crippen LogP contribution in [0.1, 0.15) is 33.4 Å². The molecule has 4 rings (SSSR count). The maximum atomic E-state index is 12.7. The molecule has 0 saturated carbocycles. The van der Waals surface area contributed by atoms with E-state index in [0.717, 1.165) is 17.8 Å². The molecular formula is C17H21N5O3S. The van der Waals surface area contributed by atoms with E-state index in [1.807, 2.05) is 16.7 Å². The molecule has 26 heavy (non-hydrogen) atoms. The van der Waals surface area contributed by atoms with E-state index < -0.39 is 0 Å². The van der Waals surface area contributed by atoms with Crippen LogP contribution in [0.5, 0.6) is 0 Å². The lowest BCUT2D eigenvalue weighted by Crippen LogP contribution is -2.38. The molecule has 0 aliphatic carbocycles. The van der Waals surface area contributed by atoms with Crippen LogP contribution in [0.3, 0.4) is 0 Å². The van der Waals surface area contributed by atoms with Crippen LogP contribution >= 0.6 is 11.3 Å². The summed E-state index contributed by atoms with van der Waals surface area (Å²) in [4.78, 5) is 41.0. The van der Waals surface area contributed by atoms with Gasteiger partial charge in [0.2, 0.25) is 5.95 Å². The average molecular weight is 375 g/mol. The predicted molar refractivity (Wildman–Crippen MR) is 98.0 cm³/mol. The van der Waals surface area contributed by atoms with E-state index in [1.165, 1.54) is 11.3 Å². The average Bonchev–Trinajstić information content (AvgIpc) is 3.31. The number of aryl methyl sites for hydroxylation is 1. The summed E-state index contributed by atoms with van der Waals surface area (Å²) < 4.78 is 5.36. The summed E-state index contributed by atoms with van der Waals surface area (Å²) in [6.45, 7) is 5.79. The lowest BCUT2D eigenvalue weighted by Gasteiger charge is -2.27. The van der Waals surface area contributed by atoms with Gasteiger partial charge in [-0.1, -0.05) is 0 Å². The molecule has 2 aromatic rings. The third-order valence-electron chi connectivity index (χ3n) is 4.89. The van der Waals surface area contributed by atoms with Gasteiger partial charge in [-0.3, -0.25) is 14.6 Å². The van der Waals surface area contributed by atoms with Crippen LogP contribution in [0.15, 0.2) is 16.4 Å². The second-order valence-electron chi connectivity index (χ2n) is 6.60. The number of nitrogens with one attached hydrogen (secondary N) is 1. The van der Waals surface area contributed by atoms with E-state index in [2.05, 4.69) is 15.0 Å². The summed E-state index contributed by atoms with van der Waals surface area (Å²) in [5.74, 6) is 0.693. The molecule has 0 radical (unpaired) electrons. The molecule has 2 aromatic heterocycles. The van der Waals surface area contributed by atoms with Crippen LogP contribution in [-0.4, -0.2) is 65.2 Å². The van der Waals surface area contributed by atoms with Gasteiger partial charge in [-0.2, -0.15) is 0 Å². The molecule has 2 fully saturated rings. The van der Waals surface area contributed by atoms with Crippen LogP contribution in [0, 0.1) is 6.92 Å². The molecule has 0 aromatic carbocycles. The first-order valence-electron chi connectivity index (χ1n) is 8.75. The molecule has 4 heterocycles. The Kier molecular flexibility index (Phi) is 4.73. The third kappa shape index (κ3) is 3.36. The van der Waals surface area contributed by atoms with Crippen LogP contribution in [0.25, 0.3) is 0 Å². The van der Waals surface area contributed by atoms with E-state index in [-0.39, 0.29) is 17.4 Å². The Balaban J connectivity index is 1.51. The van der Waals surface area contributed by atoms with Crippen molar-refractivity contribution < 1.29 is 9.53 Å². The Hall–Kier alpha value is -2.26. The van der Waals surface area contributed by atoms with Crippen molar-refractivity contribution in [2.24, 2.45) is 0 Å². The molecule has 2 aliphatic rings. The van der Waals surface area contributed by atoms with Crippen molar-refractivity contribution in [3.63, 3.8) is 0 Å². The highest BCUT2D eigenvalue weighted by Gasteiger charge is 2.31. The van der Waals surface area contributed by atoms with Crippen molar-refractivity contribution in [3.05, 3.63) is 38.2 Å². The van der Waals surface area contributed by atoms with Crippen molar-refractivity contribution >= 4 is 23.2 Å². The summed E-state index contributed by atoms with van der Waals surface area (Å²) in [5, 5.41) is 0. The zero-order valence-electron chi connectivity index (χ0n) is 14.6. The molecular weight excluding hydrogens is 354 g/mol. The first kappa shape index (κ1) is 17.2. The fraction of sp³-hybridized carbons (Fsp3) is 0.529. The Morgan fingerprint density at radius 1 is 1.35 bits per heavy atom. The van der Waals surface area contributed by atoms with Gasteiger partial charge in [0.25, 0.3) is 11.5 Å². The van der Waals surface area contributed by atoms with E-state index in [1.54, 1.807) is 11.6 Å². The van der Waals surface area contributed by atoms with E-state index in [0.29, 0.717) is 50.2 Å². The number of H-pyrrole nitrogens is 1. The van der Waals surface area contributed by atoms with Crippen molar-refractivity contribution in [2.45, 2.75) is 19.3 Å². The van der Waals surface area contributed by atoms with E-state index in [9.17, 15) is 9.59 Å². The predicted octanol–water partition coefficient (Wildman–Crippen LogP) is 1.00. The summed E-state index contributed by atoms with van der Waals surface area (Å²) >= 11 is 1.37. The van der Waals surface area contributed by atoms with Gasteiger partial charge in [0.15, 0.2) is 0 Å². The molecule has 1 N–H and O–H groups in total. The van der Waals surface area contributed by atoms with Crippen LogP contribution in [0.2, 0.25) is 0 Å². The van der Waals surface area contributed by atoms with E-state index in [4.69, 9.17) is 4.74 Å². The number of hydrogen-bond acceptors (Lipinski definition) is 7. The summed E-state index contributed by atoms with van der Waals surface area (Å²) in [7, 11) is 0. The number of carbonyl (C=O) groups is 1.